The number of hydrogen-bond donors (Lipinski definition) is 2. The first-order chi connectivity index (χ1) is 21.3. The highest BCUT2D eigenvalue weighted by Gasteiger charge is 2.23. The Labute approximate surface area is 257 Å². The molecule has 0 bridgehead atoms. The number of hydrogen-bond acceptors (Lipinski definition) is 6. The van der Waals surface area contributed by atoms with Crippen LogP contribution in [0.2, 0.25) is 0 Å². The van der Waals surface area contributed by atoms with Gasteiger partial charge in [-0.1, -0.05) is 54.6 Å². The Balaban J connectivity index is 1.60. The molecule has 0 saturated carbocycles. The van der Waals surface area contributed by atoms with Crippen molar-refractivity contribution in [3.05, 3.63) is 113 Å². The number of amides is 2. The maximum absolute atomic E-state index is 14.0. The summed E-state index contributed by atoms with van der Waals surface area (Å²) in [6, 6.07) is 27.1. The predicted molar refractivity (Wildman–Crippen MR) is 167 cm³/mol. The van der Waals surface area contributed by atoms with Gasteiger partial charge in [0.15, 0.2) is 11.5 Å². The van der Waals surface area contributed by atoms with Crippen LogP contribution in [0.4, 0.5) is 0 Å². The fraction of sp³-hybridized carbons (Fsp3) is 0.229. The first-order valence-corrected chi connectivity index (χ1v) is 14.2. The van der Waals surface area contributed by atoms with Gasteiger partial charge >= 0.3 is 5.97 Å². The Morgan fingerprint density at radius 1 is 0.705 bits per heavy atom. The molecule has 0 atom stereocenters. The van der Waals surface area contributed by atoms with Crippen molar-refractivity contribution >= 4 is 17.8 Å². The van der Waals surface area contributed by atoms with Crippen LogP contribution in [0.1, 0.15) is 38.3 Å². The van der Waals surface area contributed by atoms with Gasteiger partial charge in [-0.3, -0.25) is 14.4 Å². The average molecular weight is 597 g/mol. The van der Waals surface area contributed by atoms with Crippen LogP contribution < -0.4 is 19.5 Å². The summed E-state index contributed by atoms with van der Waals surface area (Å²) in [5, 5.41) is 12.4. The van der Waals surface area contributed by atoms with Crippen LogP contribution >= 0.6 is 0 Å². The summed E-state index contributed by atoms with van der Waals surface area (Å²) in [6.07, 6.45) is 0.264. The van der Waals surface area contributed by atoms with Gasteiger partial charge in [0.05, 0.1) is 27.8 Å². The van der Waals surface area contributed by atoms with E-state index in [1.807, 2.05) is 48.5 Å². The van der Waals surface area contributed by atoms with E-state index in [2.05, 4.69) is 5.32 Å². The third-order valence-corrected chi connectivity index (χ3v) is 7.21. The Morgan fingerprint density at radius 2 is 1.39 bits per heavy atom. The molecule has 0 aliphatic carbocycles. The molecule has 0 saturated heterocycles. The predicted octanol–water partition coefficient (Wildman–Crippen LogP) is 5.47. The van der Waals surface area contributed by atoms with Crippen molar-refractivity contribution in [1.29, 1.82) is 0 Å². The molecule has 4 rings (SSSR count). The van der Waals surface area contributed by atoms with Crippen molar-refractivity contribution in [1.82, 2.24) is 10.2 Å². The van der Waals surface area contributed by atoms with Gasteiger partial charge in [-0.25, -0.2) is 0 Å². The van der Waals surface area contributed by atoms with Crippen LogP contribution in [0.15, 0.2) is 91.0 Å². The molecule has 2 amide bonds. The molecule has 0 radical (unpaired) electrons. The van der Waals surface area contributed by atoms with Gasteiger partial charge in [0.2, 0.25) is 0 Å². The molecule has 0 spiro atoms. The summed E-state index contributed by atoms with van der Waals surface area (Å²) in [5.74, 6) is 0.245. The van der Waals surface area contributed by atoms with E-state index in [1.165, 1.54) is 4.90 Å². The van der Waals surface area contributed by atoms with Crippen LogP contribution in [0.3, 0.4) is 0 Å². The molecular formula is C35H36N2O7. The monoisotopic (exact) mass is 596 g/mol. The fourth-order valence-electron chi connectivity index (χ4n) is 4.90. The van der Waals surface area contributed by atoms with Gasteiger partial charge in [0, 0.05) is 30.8 Å². The zero-order valence-electron chi connectivity index (χ0n) is 25.0. The topological polar surface area (TPSA) is 114 Å². The summed E-state index contributed by atoms with van der Waals surface area (Å²) in [4.78, 5) is 40.4. The number of nitrogens with zero attached hydrogens (tertiary/aromatic N) is 1. The summed E-state index contributed by atoms with van der Waals surface area (Å²) in [7, 11) is 4.70. The molecule has 9 nitrogen and oxygen atoms in total. The molecule has 0 heterocycles. The molecular weight excluding hydrogens is 560 g/mol. The highest BCUT2D eigenvalue weighted by Crippen LogP contribution is 2.30. The van der Waals surface area contributed by atoms with E-state index in [1.54, 1.807) is 63.8 Å². The van der Waals surface area contributed by atoms with E-state index in [-0.39, 0.29) is 31.3 Å². The third kappa shape index (κ3) is 7.95. The Hall–Kier alpha value is -5.31. The second-order valence-corrected chi connectivity index (χ2v) is 10.0. The number of carboxylic acids is 1. The zero-order chi connectivity index (χ0) is 31.5. The lowest BCUT2D eigenvalue weighted by atomic mass is 9.94. The minimum atomic E-state index is -1.000. The number of carbonyl (C=O) groups excluding carboxylic acids is 2. The van der Waals surface area contributed by atoms with Crippen LogP contribution in [0.5, 0.6) is 17.2 Å². The van der Waals surface area contributed by atoms with Crippen molar-refractivity contribution < 1.29 is 33.7 Å². The van der Waals surface area contributed by atoms with Crippen molar-refractivity contribution in [2.24, 2.45) is 0 Å². The van der Waals surface area contributed by atoms with Gasteiger partial charge in [-0.2, -0.15) is 0 Å². The summed E-state index contributed by atoms with van der Waals surface area (Å²) in [6.45, 7) is 0.598. The summed E-state index contributed by atoms with van der Waals surface area (Å²) >= 11 is 0. The van der Waals surface area contributed by atoms with Gasteiger partial charge in [-0.15, -0.1) is 0 Å². The Kier molecular flexibility index (Phi) is 11.0. The van der Waals surface area contributed by atoms with Gasteiger partial charge < -0.3 is 29.5 Å². The molecule has 44 heavy (non-hydrogen) atoms. The lowest BCUT2D eigenvalue weighted by Crippen LogP contribution is -2.35. The van der Waals surface area contributed by atoms with Crippen molar-refractivity contribution in [2.45, 2.75) is 19.4 Å². The molecule has 0 fully saturated rings. The van der Waals surface area contributed by atoms with E-state index < -0.39 is 5.97 Å². The van der Waals surface area contributed by atoms with Crippen LogP contribution in [-0.2, 0) is 17.8 Å². The van der Waals surface area contributed by atoms with Gasteiger partial charge in [0.25, 0.3) is 11.8 Å². The SMILES string of the molecule is COc1cccc(CNC(=O)c2ccccc2-c2ccccc2C(=O)N(CCC(=O)O)CCc2ccc(OC)c(OC)c2)c1. The molecule has 0 aromatic heterocycles. The minimum Gasteiger partial charge on any atom is -0.497 e. The maximum Gasteiger partial charge on any atom is 0.305 e. The van der Waals surface area contributed by atoms with Crippen LogP contribution in [0.25, 0.3) is 11.1 Å². The second kappa shape index (κ2) is 15.2. The van der Waals surface area contributed by atoms with Gasteiger partial charge in [0.1, 0.15) is 5.75 Å². The lowest BCUT2D eigenvalue weighted by Gasteiger charge is -2.24. The number of carbonyl (C=O) groups is 3. The highest BCUT2D eigenvalue weighted by molar-refractivity contribution is 6.06. The molecule has 4 aromatic rings. The number of ether oxygens (including phenoxy) is 3. The Morgan fingerprint density at radius 3 is 2.07 bits per heavy atom. The van der Waals surface area contributed by atoms with E-state index in [9.17, 15) is 19.5 Å². The number of carboxylic acid groups (broad SMARTS) is 1. The third-order valence-electron chi connectivity index (χ3n) is 7.21. The normalized spacial score (nSPS) is 10.5. The molecule has 0 aliphatic heterocycles. The van der Waals surface area contributed by atoms with Crippen LogP contribution in [0, 0.1) is 0 Å². The number of methoxy groups -OCH3 is 3. The summed E-state index contributed by atoms with van der Waals surface area (Å²) in [5.41, 5.74) is 3.75. The standard InChI is InChI=1S/C35H36N2O7/c1-42-26-10-8-9-25(21-26)23-36-34(40)29-13-6-4-11-27(29)28-12-5-7-14-30(28)35(41)37(20-18-33(38)39)19-17-24-15-16-31(43-2)32(22-24)44-3/h4-16,21-22H,17-20,23H2,1-3H3,(H,36,40)(H,38,39). The number of aliphatic carboxylic acids is 1. The quantitative estimate of drug-likeness (QED) is 0.198. The van der Waals surface area contributed by atoms with Gasteiger partial charge in [-0.05, 0) is 65.1 Å². The highest BCUT2D eigenvalue weighted by atomic mass is 16.5. The molecule has 228 valence electrons. The number of nitrogens with one attached hydrogen (secondary N) is 1. The molecule has 0 aliphatic rings. The zero-order valence-corrected chi connectivity index (χ0v) is 25.0. The average Bonchev–Trinajstić information content (AvgIpc) is 3.06. The Bertz CT molecular complexity index is 1620. The minimum absolute atomic E-state index is 0.0263. The van der Waals surface area contributed by atoms with Crippen LogP contribution in [-0.4, -0.2) is 62.2 Å². The van der Waals surface area contributed by atoms with E-state index in [0.29, 0.717) is 52.5 Å². The molecule has 0 unspecified atom stereocenters. The second-order valence-electron chi connectivity index (χ2n) is 10.0. The smallest absolute Gasteiger partial charge is 0.305 e. The van der Waals surface area contributed by atoms with E-state index in [0.717, 1.165) is 11.1 Å². The van der Waals surface area contributed by atoms with E-state index in [4.69, 9.17) is 14.2 Å². The number of benzene rings is 4. The molecule has 4 aromatic carbocycles. The van der Waals surface area contributed by atoms with Crippen molar-refractivity contribution in [3.8, 4) is 28.4 Å². The maximum atomic E-state index is 14.0. The molecule has 2 N–H and O–H groups in total. The first-order valence-electron chi connectivity index (χ1n) is 14.2. The van der Waals surface area contributed by atoms with E-state index >= 15 is 0 Å². The lowest BCUT2D eigenvalue weighted by molar-refractivity contribution is -0.137. The largest absolute Gasteiger partial charge is 0.497 e. The molecule has 9 heteroatoms. The van der Waals surface area contributed by atoms with Crippen molar-refractivity contribution in [2.75, 3.05) is 34.4 Å². The number of rotatable bonds is 14. The fourth-order valence-corrected chi connectivity index (χ4v) is 4.90. The summed E-state index contributed by atoms with van der Waals surface area (Å²) < 4.78 is 16.0. The van der Waals surface area contributed by atoms with Crippen molar-refractivity contribution in [3.63, 3.8) is 0 Å². The first kappa shape index (κ1) is 31.6.